The highest BCUT2D eigenvalue weighted by Crippen LogP contribution is 2.40. The number of aromatic nitrogens is 1. The van der Waals surface area contributed by atoms with Crippen LogP contribution in [-0.4, -0.2) is 34.2 Å². The number of pyridine rings is 1. The zero-order valence-electron chi connectivity index (χ0n) is 19.0. The van der Waals surface area contributed by atoms with Gasteiger partial charge in [0.15, 0.2) is 0 Å². The summed E-state index contributed by atoms with van der Waals surface area (Å²) in [5.74, 6) is -0.335. The van der Waals surface area contributed by atoms with Crippen LogP contribution in [0.1, 0.15) is 49.0 Å². The number of cyclic esters (lactones) is 1. The van der Waals surface area contributed by atoms with Gasteiger partial charge in [0.05, 0.1) is 11.7 Å². The Kier molecular flexibility index (Phi) is 6.75. The molecule has 1 unspecified atom stereocenters. The summed E-state index contributed by atoms with van der Waals surface area (Å²) in [7, 11) is 0. The highest BCUT2D eigenvalue weighted by molar-refractivity contribution is 5.70. The Hall–Kier alpha value is -3.25. The van der Waals surface area contributed by atoms with Gasteiger partial charge in [-0.25, -0.2) is 9.18 Å². The van der Waals surface area contributed by atoms with Crippen molar-refractivity contribution in [3.63, 3.8) is 0 Å². The van der Waals surface area contributed by atoms with Crippen LogP contribution in [0.15, 0.2) is 66.7 Å². The van der Waals surface area contributed by atoms with Crippen LogP contribution >= 0.6 is 0 Å². The van der Waals surface area contributed by atoms with E-state index >= 15 is 0 Å². The molecule has 0 spiro atoms. The largest absolute Gasteiger partial charge is 0.438 e. The first-order valence-electron chi connectivity index (χ1n) is 11.3. The first-order valence-corrected chi connectivity index (χ1v) is 11.3. The third-order valence-corrected chi connectivity index (χ3v) is 6.43. The Balaban J connectivity index is 1.51. The first-order chi connectivity index (χ1) is 15.9. The molecule has 0 bridgehead atoms. The van der Waals surface area contributed by atoms with Gasteiger partial charge in [-0.3, -0.25) is 4.98 Å². The van der Waals surface area contributed by atoms with Crippen molar-refractivity contribution in [2.24, 2.45) is 0 Å². The molecule has 33 heavy (non-hydrogen) atoms. The predicted octanol–water partition coefficient (Wildman–Crippen LogP) is 5.77. The van der Waals surface area contributed by atoms with E-state index in [1.165, 1.54) is 12.1 Å². The quantitative estimate of drug-likeness (QED) is 0.499. The van der Waals surface area contributed by atoms with E-state index in [0.717, 1.165) is 28.1 Å². The molecule has 1 fully saturated rings. The lowest BCUT2D eigenvalue weighted by Gasteiger charge is -2.43. The molecule has 2 heterocycles. The minimum Gasteiger partial charge on any atom is -0.438 e. The van der Waals surface area contributed by atoms with E-state index in [9.17, 15) is 14.3 Å². The normalized spacial score (nSPS) is 19.3. The van der Waals surface area contributed by atoms with Crippen molar-refractivity contribution >= 4 is 6.09 Å². The summed E-state index contributed by atoms with van der Waals surface area (Å²) in [6.07, 6.45) is 1.15. The maximum atomic E-state index is 13.5. The van der Waals surface area contributed by atoms with Gasteiger partial charge in [-0.05, 0) is 62.1 Å². The maximum Gasteiger partial charge on any atom is 0.411 e. The standard InChI is InChI=1S/C27H29FN2O3/c1-19-5-3-6-25(29-19)22-9-7-21(8-10-22)20(2)30-17-16-27(15-4-18-31,33-26(30)32)23-11-13-24(28)14-12-23/h3,5-14,20,31H,4,15-18H2,1-2H3/t20-,27?/m0/s1. The van der Waals surface area contributed by atoms with E-state index in [1.807, 2.05) is 56.3 Å². The van der Waals surface area contributed by atoms with E-state index in [4.69, 9.17) is 4.74 Å². The van der Waals surface area contributed by atoms with Gasteiger partial charge in [0, 0.05) is 30.8 Å². The molecule has 2 atom stereocenters. The number of rotatable bonds is 7. The monoisotopic (exact) mass is 448 g/mol. The number of aliphatic hydroxyl groups excluding tert-OH is 1. The number of aryl methyl sites for hydroxylation is 1. The number of hydrogen-bond donors (Lipinski definition) is 1. The molecule has 3 aromatic rings. The summed E-state index contributed by atoms with van der Waals surface area (Å²) in [5, 5.41) is 9.36. The third kappa shape index (κ3) is 4.91. The molecule has 2 aromatic carbocycles. The van der Waals surface area contributed by atoms with Gasteiger partial charge < -0.3 is 14.7 Å². The van der Waals surface area contributed by atoms with Gasteiger partial charge in [-0.1, -0.05) is 42.5 Å². The molecule has 5 nitrogen and oxygen atoms in total. The Labute approximate surface area is 193 Å². The van der Waals surface area contributed by atoms with Crippen LogP contribution in [-0.2, 0) is 10.3 Å². The SMILES string of the molecule is Cc1cccc(-c2ccc([C@H](C)N3CCC(CCCO)(c4ccc(F)cc4)OC3=O)cc2)n1. The third-order valence-electron chi connectivity index (χ3n) is 6.43. The summed E-state index contributed by atoms with van der Waals surface area (Å²) in [4.78, 5) is 19.4. The second kappa shape index (κ2) is 9.71. The highest BCUT2D eigenvalue weighted by atomic mass is 19.1. The van der Waals surface area contributed by atoms with Gasteiger partial charge in [0.1, 0.15) is 11.4 Å². The van der Waals surface area contributed by atoms with Gasteiger partial charge in [-0.15, -0.1) is 0 Å². The molecular formula is C27H29FN2O3. The van der Waals surface area contributed by atoms with E-state index in [-0.39, 0.29) is 18.5 Å². The van der Waals surface area contributed by atoms with E-state index in [0.29, 0.717) is 25.8 Å². The predicted molar refractivity (Wildman–Crippen MR) is 125 cm³/mol. The molecule has 6 heteroatoms. The highest BCUT2D eigenvalue weighted by Gasteiger charge is 2.43. The number of amides is 1. The number of carbonyl (C=O) groups is 1. The molecule has 1 aromatic heterocycles. The zero-order chi connectivity index (χ0) is 23.4. The Morgan fingerprint density at radius 2 is 1.85 bits per heavy atom. The molecule has 1 aliphatic heterocycles. The van der Waals surface area contributed by atoms with Crippen LogP contribution in [0, 0.1) is 12.7 Å². The van der Waals surface area contributed by atoms with Crippen molar-refractivity contribution in [3.8, 4) is 11.3 Å². The molecule has 172 valence electrons. The van der Waals surface area contributed by atoms with E-state index in [1.54, 1.807) is 17.0 Å². The van der Waals surface area contributed by atoms with Gasteiger partial charge >= 0.3 is 6.09 Å². The molecular weight excluding hydrogens is 419 g/mol. The second-order valence-electron chi connectivity index (χ2n) is 8.60. The van der Waals surface area contributed by atoms with Crippen LogP contribution in [0.3, 0.4) is 0 Å². The maximum absolute atomic E-state index is 13.5. The summed E-state index contributed by atoms with van der Waals surface area (Å²) in [5.41, 5.74) is 3.81. The minimum atomic E-state index is -0.857. The summed E-state index contributed by atoms with van der Waals surface area (Å²) >= 11 is 0. The summed E-state index contributed by atoms with van der Waals surface area (Å²) in [6, 6.07) is 19.9. The average Bonchev–Trinajstić information content (AvgIpc) is 2.83. The Morgan fingerprint density at radius 1 is 1.12 bits per heavy atom. The van der Waals surface area contributed by atoms with Crippen molar-refractivity contribution in [1.82, 2.24) is 9.88 Å². The van der Waals surface area contributed by atoms with Crippen LogP contribution in [0.2, 0.25) is 0 Å². The van der Waals surface area contributed by atoms with Crippen molar-refractivity contribution in [1.29, 1.82) is 0 Å². The molecule has 0 radical (unpaired) electrons. The molecule has 1 aliphatic rings. The number of benzene rings is 2. The minimum absolute atomic E-state index is 0.00274. The molecule has 1 N–H and O–H groups in total. The summed E-state index contributed by atoms with van der Waals surface area (Å²) < 4.78 is 19.5. The fourth-order valence-electron chi connectivity index (χ4n) is 4.48. The Morgan fingerprint density at radius 3 is 2.48 bits per heavy atom. The number of nitrogens with zero attached hydrogens (tertiary/aromatic N) is 2. The second-order valence-corrected chi connectivity index (χ2v) is 8.60. The van der Waals surface area contributed by atoms with Gasteiger partial charge in [-0.2, -0.15) is 0 Å². The van der Waals surface area contributed by atoms with Crippen molar-refractivity contribution < 1.29 is 19.0 Å². The molecule has 0 saturated carbocycles. The molecule has 1 amide bonds. The fraction of sp³-hybridized carbons (Fsp3) is 0.333. The topological polar surface area (TPSA) is 62.7 Å². The van der Waals surface area contributed by atoms with Crippen molar-refractivity contribution in [3.05, 3.63) is 89.4 Å². The van der Waals surface area contributed by atoms with Crippen LogP contribution in [0.5, 0.6) is 0 Å². The lowest BCUT2D eigenvalue weighted by Crippen LogP contribution is -2.48. The molecule has 0 aliphatic carbocycles. The number of ether oxygens (including phenoxy) is 1. The van der Waals surface area contributed by atoms with Crippen LogP contribution in [0.4, 0.5) is 9.18 Å². The lowest BCUT2D eigenvalue weighted by atomic mass is 9.84. The fourth-order valence-corrected chi connectivity index (χ4v) is 4.48. The Bertz CT molecular complexity index is 1100. The molecule has 4 rings (SSSR count). The van der Waals surface area contributed by atoms with Gasteiger partial charge in [0.2, 0.25) is 0 Å². The van der Waals surface area contributed by atoms with Gasteiger partial charge in [0.25, 0.3) is 0 Å². The number of aliphatic hydroxyl groups is 1. The van der Waals surface area contributed by atoms with E-state index in [2.05, 4.69) is 4.98 Å². The van der Waals surface area contributed by atoms with E-state index < -0.39 is 11.7 Å². The van der Waals surface area contributed by atoms with Crippen LogP contribution in [0.25, 0.3) is 11.3 Å². The number of halogens is 1. The lowest BCUT2D eigenvalue weighted by molar-refractivity contribution is -0.0680. The molecule has 1 saturated heterocycles. The summed E-state index contributed by atoms with van der Waals surface area (Å²) in [6.45, 7) is 4.46. The van der Waals surface area contributed by atoms with Crippen molar-refractivity contribution in [2.45, 2.75) is 44.8 Å². The first kappa shape index (κ1) is 22.9. The number of carbonyl (C=O) groups excluding carboxylic acids is 1. The van der Waals surface area contributed by atoms with Crippen LogP contribution < -0.4 is 0 Å². The average molecular weight is 449 g/mol. The number of hydrogen-bond acceptors (Lipinski definition) is 4. The smallest absolute Gasteiger partial charge is 0.411 e. The zero-order valence-corrected chi connectivity index (χ0v) is 19.0. The van der Waals surface area contributed by atoms with Crippen molar-refractivity contribution in [2.75, 3.05) is 13.2 Å².